The summed E-state index contributed by atoms with van der Waals surface area (Å²) in [6, 6.07) is 5.54. The number of benzene rings is 1. The quantitative estimate of drug-likeness (QED) is 0.549. The molecule has 0 aromatic heterocycles. The summed E-state index contributed by atoms with van der Waals surface area (Å²) < 4.78 is 0. The first-order valence-corrected chi connectivity index (χ1v) is 5.53. The number of rotatable bonds is 5. The zero-order valence-electron chi connectivity index (χ0n) is 10.1. The third kappa shape index (κ3) is 3.83. The first-order chi connectivity index (χ1) is 8.41. The summed E-state index contributed by atoms with van der Waals surface area (Å²) in [5, 5.41) is 11.8. The molecule has 98 valence electrons. The normalized spacial score (nSPS) is 13.7. The number of nitrogens with two attached hydrogens (primary N) is 2. The topological polar surface area (TPSA) is 118 Å². The molecule has 2 atom stereocenters. The fourth-order valence-electron chi connectivity index (χ4n) is 1.30. The first-order valence-electron chi connectivity index (χ1n) is 5.53. The molecule has 0 radical (unpaired) electrons. The molecule has 1 aromatic carbocycles. The van der Waals surface area contributed by atoms with Crippen LogP contribution in [0.15, 0.2) is 24.3 Å². The van der Waals surface area contributed by atoms with E-state index in [9.17, 15) is 14.7 Å². The summed E-state index contributed by atoms with van der Waals surface area (Å²) in [4.78, 5) is 22.7. The average molecular weight is 251 g/mol. The lowest BCUT2D eigenvalue weighted by molar-refractivity contribution is 0.0937. The highest BCUT2D eigenvalue weighted by molar-refractivity contribution is 5.99. The van der Waals surface area contributed by atoms with E-state index in [-0.39, 0.29) is 18.0 Å². The summed E-state index contributed by atoms with van der Waals surface area (Å²) in [6.07, 6.45) is -0.706. The molecular weight excluding hydrogens is 234 g/mol. The van der Waals surface area contributed by atoms with Gasteiger partial charge in [0.15, 0.2) is 0 Å². The number of hydrogen-bond donors (Lipinski definition) is 4. The molecule has 0 saturated carbocycles. The van der Waals surface area contributed by atoms with Gasteiger partial charge in [-0.15, -0.1) is 0 Å². The van der Waals surface area contributed by atoms with Crippen molar-refractivity contribution in [1.29, 1.82) is 0 Å². The van der Waals surface area contributed by atoms with Gasteiger partial charge in [-0.1, -0.05) is 6.07 Å². The summed E-state index contributed by atoms with van der Waals surface area (Å²) in [5.41, 5.74) is 11.3. The maximum Gasteiger partial charge on any atom is 0.251 e. The summed E-state index contributed by atoms with van der Waals surface area (Å²) >= 11 is 0. The van der Waals surface area contributed by atoms with Crippen LogP contribution in [0.5, 0.6) is 0 Å². The van der Waals surface area contributed by atoms with Crippen molar-refractivity contribution in [2.75, 3.05) is 6.54 Å². The van der Waals surface area contributed by atoms with Crippen LogP contribution in [0, 0.1) is 0 Å². The smallest absolute Gasteiger partial charge is 0.251 e. The lowest BCUT2D eigenvalue weighted by atomic mass is 10.1. The molecule has 1 rings (SSSR count). The number of amides is 2. The number of aliphatic hydroxyl groups excluding tert-OH is 1. The van der Waals surface area contributed by atoms with E-state index in [4.69, 9.17) is 11.5 Å². The van der Waals surface area contributed by atoms with Crippen LogP contribution in [0.2, 0.25) is 0 Å². The Morgan fingerprint density at radius 1 is 1.39 bits per heavy atom. The van der Waals surface area contributed by atoms with Gasteiger partial charge in [-0.3, -0.25) is 9.59 Å². The lowest BCUT2D eigenvalue weighted by Gasteiger charge is -2.15. The Morgan fingerprint density at radius 2 is 2.00 bits per heavy atom. The molecule has 0 aliphatic carbocycles. The van der Waals surface area contributed by atoms with Crippen LogP contribution in [0.25, 0.3) is 0 Å². The molecule has 0 bridgehead atoms. The highest BCUT2D eigenvalue weighted by Crippen LogP contribution is 2.04. The Kier molecular flexibility index (Phi) is 4.82. The van der Waals surface area contributed by atoms with Gasteiger partial charge in [0.1, 0.15) is 0 Å². The number of primary amides is 1. The minimum Gasteiger partial charge on any atom is -0.392 e. The molecule has 2 unspecified atom stereocenters. The molecule has 0 aliphatic heterocycles. The molecule has 6 N–H and O–H groups in total. The van der Waals surface area contributed by atoms with Crippen LogP contribution < -0.4 is 16.8 Å². The predicted octanol–water partition coefficient (Wildman–Crippen LogP) is -0.777. The fourth-order valence-corrected chi connectivity index (χ4v) is 1.30. The second-order valence-corrected chi connectivity index (χ2v) is 4.06. The number of nitrogens with one attached hydrogen (secondary N) is 1. The van der Waals surface area contributed by atoms with Crippen molar-refractivity contribution in [3.05, 3.63) is 35.4 Å². The summed E-state index contributed by atoms with van der Waals surface area (Å²) in [6.45, 7) is 1.70. The molecule has 6 heteroatoms. The third-order valence-corrected chi connectivity index (χ3v) is 2.53. The van der Waals surface area contributed by atoms with Crippen molar-refractivity contribution < 1.29 is 14.7 Å². The van der Waals surface area contributed by atoms with Crippen LogP contribution >= 0.6 is 0 Å². The molecule has 0 aliphatic rings. The van der Waals surface area contributed by atoms with Crippen LogP contribution in [0.3, 0.4) is 0 Å². The van der Waals surface area contributed by atoms with Crippen molar-refractivity contribution in [1.82, 2.24) is 5.32 Å². The van der Waals surface area contributed by atoms with E-state index in [1.807, 2.05) is 0 Å². The maximum absolute atomic E-state index is 11.7. The molecular formula is C12H17N3O3. The maximum atomic E-state index is 11.7. The van der Waals surface area contributed by atoms with Gasteiger partial charge in [0.25, 0.3) is 5.91 Å². The van der Waals surface area contributed by atoms with E-state index in [1.54, 1.807) is 19.1 Å². The Labute approximate surface area is 105 Å². The van der Waals surface area contributed by atoms with Gasteiger partial charge in [0.2, 0.25) is 5.91 Å². The molecule has 0 saturated heterocycles. The molecule has 0 heterocycles. The number of aliphatic hydroxyl groups is 1. The van der Waals surface area contributed by atoms with E-state index in [0.717, 1.165) is 0 Å². The van der Waals surface area contributed by atoms with Crippen LogP contribution in [-0.4, -0.2) is 35.6 Å². The van der Waals surface area contributed by atoms with Crippen molar-refractivity contribution in [3.63, 3.8) is 0 Å². The molecule has 18 heavy (non-hydrogen) atoms. The van der Waals surface area contributed by atoms with Gasteiger partial charge >= 0.3 is 0 Å². The van der Waals surface area contributed by atoms with E-state index in [2.05, 4.69) is 5.32 Å². The van der Waals surface area contributed by atoms with Gasteiger partial charge in [0, 0.05) is 23.7 Å². The Morgan fingerprint density at radius 3 is 2.56 bits per heavy atom. The minimum absolute atomic E-state index is 0.150. The first kappa shape index (κ1) is 14.1. The minimum atomic E-state index is -0.706. The highest BCUT2D eigenvalue weighted by Gasteiger charge is 2.12. The Balaban J connectivity index is 2.67. The fraction of sp³-hybridized carbons (Fsp3) is 0.333. The monoisotopic (exact) mass is 251 g/mol. The van der Waals surface area contributed by atoms with Crippen LogP contribution in [0.4, 0.5) is 0 Å². The van der Waals surface area contributed by atoms with E-state index < -0.39 is 18.1 Å². The van der Waals surface area contributed by atoms with Gasteiger partial charge in [-0.25, -0.2) is 0 Å². The Hall–Kier alpha value is -1.92. The Bertz CT molecular complexity index is 446. The zero-order chi connectivity index (χ0) is 13.7. The second-order valence-electron chi connectivity index (χ2n) is 4.06. The molecule has 2 amide bonds. The van der Waals surface area contributed by atoms with Crippen molar-refractivity contribution in [2.45, 2.75) is 19.1 Å². The summed E-state index contributed by atoms with van der Waals surface area (Å²) in [5.74, 6) is -0.959. The third-order valence-electron chi connectivity index (χ3n) is 2.53. The van der Waals surface area contributed by atoms with Crippen molar-refractivity contribution in [3.8, 4) is 0 Å². The van der Waals surface area contributed by atoms with Crippen molar-refractivity contribution >= 4 is 11.8 Å². The highest BCUT2D eigenvalue weighted by atomic mass is 16.3. The molecule has 0 spiro atoms. The van der Waals surface area contributed by atoms with Gasteiger partial charge < -0.3 is 21.9 Å². The summed E-state index contributed by atoms with van der Waals surface area (Å²) in [7, 11) is 0. The number of hydrogen-bond acceptors (Lipinski definition) is 4. The standard InChI is InChI=1S/C12H17N3O3/c1-7(16)10(13)6-15-12(18)9-4-2-3-8(5-9)11(14)17/h2-5,7,10,16H,6,13H2,1H3,(H2,14,17)(H,15,18). The van der Waals surface area contributed by atoms with E-state index >= 15 is 0 Å². The second kappa shape index (κ2) is 6.13. The predicted molar refractivity (Wildman–Crippen MR) is 66.9 cm³/mol. The largest absolute Gasteiger partial charge is 0.392 e. The van der Waals surface area contributed by atoms with Crippen LogP contribution in [-0.2, 0) is 0 Å². The van der Waals surface area contributed by atoms with Gasteiger partial charge in [-0.05, 0) is 25.1 Å². The van der Waals surface area contributed by atoms with E-state index in [1.165, 1.54) is 12.1 Å². The number of carbonyl (C=O) groups is 2. The zero-order valence-corrected chi connectivity index (χ0v) is 10.1. The number of carbonyl (C=O) groups excluding carboxylic acids is 2. The lowest BCUT2D eigenvalue weighted by Crippen LogP contribution is -2.43. The van der Waals surface area contributed by atoms with E-state index in [0.29, 0.717) is 5.56 Å². The molecule has 6 nitrogen and oxygen atoms in total. The molecule has 1 aromatic rings. The van der Waals surface area contributed by atoms with Crippen LogP contribution in [0.1, 0.15) is 27.6 Å². The van der Waals surface area contributed by atoms with Crippen molar-refractivity contribution in [2.24, 2.45) is 11.5 Å². The molecule has 0 fully saturated rings. The average Bonchev–Trinajstić information content (AvgIpc) is 2.35. The SMILES string of the molecule is CC(O)C(N)CNC(=O)c1cccc(C(N)=O)c1. The van der Waals surface area contributed by atoms with Gasteiger partial charge in [0.05, 0.1) is 6.10 Å². The van der Waals surface area contributed by atoms with Gasteiger partial charge in [-0.2, -0.15) is 0 Å².